The Morgan fingerprint density at radius 1 is 1.10 bits per heavy atom. The molecule has 0 unspecified atom stereocenters. The van der Waals surface area contributed by atoms with Gasteiger partial charge in [0.15, 0.2) is 9.84 Å². The average Bonchev–Trinajstić information content (AvgIpc) is 3.18. The van der Waals surface area contributed by atoms with E-state index in [-0.39, 0.29) is 29.8 Å². The lowest BCUT2D eigenvalue weighted by molar-refractivity contribution is -0.131. The molecule has 3 fully saturated rings. The summed E-state index contributed by atoms with van der Waals surface area (Å²) in [6, 6.07) is 5.39. The van der Waals surface area contributed by atoms with Crippen LogP contribution in [0.3, 0.4) is 0 Å². The number of unbranched alkanes of at least 4 members (excludes halogenated alkanes) is 1. The number of hydrogen-bond donors (Lipinski definition) is 2. The van der Waals surface area contributed by atoms with Crippen LogP contribution in [0.15, 0.2) is 18.2 Å². The number of nitrogens with one attached hydrogen (secondary N) is 2. The third kappa shape index (κ3) is 4.51. The summed E-state index contributed by atoms with van der Waals surface area (Å²) in [6.07, 6.45) is 2.26. The molecule has 1 aromatic rings. The summed E-state index contributed by atoms with van der Waals surface area (Å²) in [7, 11) is -3.21. The first-order valence-corrected chi connectivity index (χ1v) is 12.9. The molecule has 9 heteroatoms. The summed E-state index contributed by atoms with van der Waals surface area (Å²) in [6.45, 7) is 7.34. The minimum atomic E-state index is -3.21. The van der Waals surface area contributed by atoms with Crippen LogP contribution in [0, 0.1) is 13.8 Å². The molecule has 0 radical (unpaired) electrons. The Bertz CT molecular complexity index is 956. The first kappa shape index (κ1) is 21.9. The maximum Gasteiger partial charge on any atom is 0.315 e. The van der Waals surface area contributed by atoms with Crippen molar-refractivity contribution >= 4 is 27.5 Å². The smallest absolute Gasteiger partial charge is 0.315 e. The van der Waals surface area contributed by atoms with E-state index in [4.69, 9.17) is 0 Å². The van der Waals surface area contributed by atoms with Gasteiger partial charge in [0.25, 0.3) is 0 Å². The van der Waals surface area contributed by atoms with E-state index in [2.05, 4.69) is 47.6 Å². The third-order valence-corrected chi connectivity index (χ3v) is 9.27. The zero-order chi connectivity index (χ0) is 22.2. The van der Waals surface area contributed by atoms with Crippen LogP contribution >= 0.6 is 0 Å². The summed E-state index contributed by atoms with van der Waals surface area (Å²) in [4.78, 5) is 28.4. The van der Waals surface area contributed by atoms with Crippen molar-refractivity contribution in [2.75, 3.05) is 36.8 Å². The fourth-order valence-electron chi connectivity index (χ4n) is 5.06. The van der Waals surface area contributed by atoms with Crippen molar-refractivity contribution in [2.45, 2.75) is 56.9 Å². The molecular formula is C22H32N4O4S. The first-order valence-electron chi connectivity index (χ1n) is 11.1. The molecular weight excluding hydrogens is 416 g/mol. The maximum atomic E-state index is 12.6. The van der Waals surface area contributed by atoms with Crippen molar-refractivity contribution in [3.05, 3.63) is 29.3 Å². The lowest BCUT2D eigenvalue weighted by atomic mass is 10.0. The van der Waals surface area contributed by atoms with Gasteiger partial charge in [0, 0.05) is 38.3 Å². The molecule has 3 saturated heterocycles. The molecule has 3 aliphatic heterocycles. The van der Waals surface area contributed by atoms with Crippen molar-refractivity contribution in [2.24, 2.45) is 0 Å². The summed E-state index contributed by atoms with van der Waals surface area (Å²) in [5.74, 6) is 0.147. The van der Waals surface area contributed by atoms with Crippen molar-refractivity contribution in [3.8, 4) is 0 Å². The van der Waals surface area contributed by atoms with Crippen molar-refractivity contribution in [1.29, 1.82) is 0 Å². The lowest BCUT2D eigenvalue weighted by Gasteiger charge is -2.37. The highest BCUT2D eigenvalue weighted by Gasteiger charge is 2.51. The number of urea groups is 1. The topological polar surface area (TPSA) is 98.8 Å². The highest BCUT2D eigenvalue weighted by molar-refractivity contribution is 7.92. The van der Waals surface area contributed by atoms with Gasteiger partial charge in [0.05, 0.1) is 23.1 Å². The van der Waals surface area contributed by atoms with Gasteiger partial charge < -0.3 is 20.4 Å². The zero-order valence-electron chi connectivity index (χ0n) is 18.3. The van der Waals surface area contributed by atoms with Crippen molar-refractivity contribution in [3.63, 3.8) is 0 Å². The van der Waals surface area contributed by atoms with E-state index in [9.17, 15) is 18.0 Å². The Hall–Kier alpha value is -2.29. The van der Waals surface area contributed by atoms with E-state index in [1.807, 2.05) is 4.90 Å². The second-order valence-corrected chi connectivity index (χ2v) is 11.2. The Balaban J connectivity index is 1.21. The third-order valence-electron chi connectivity index (χ3n) is 7.00. The Morgan fingerprint density at radius 2 is 1.84 bits per heavy atom. The highest BCUT2D eigenvalue weighted by Crippen LogP contribution is 2.29. The number of sulfone groups is 1. The molecule has 0 aromatic heterocycles. The maximum absolute atomic E-state index is 12.6. The van der Waals surface area contributed by atoms with Gasteiger partial charge >= 0.3 is 6.03 Å². The Kier molecular flexibility index (Phi) is 6.14. The van der Waals surface area contributed by atoms with Gasteiger partial charge in [0.2, 0.25) is 5.91 Å². The number of benzene rings is 1. The summed E-state index contributed by atoms with van der Waals surface area (Å²) in [5, 5.41) is 4.87. The molecule has 0 saturated carbocycles. The predicted octanol–water partition coefficient (Wildman–Crippen LogP) is 1.36. The molecule has 3 amide bonds. The molecule has 0 spiro atoms. The number of piperazine rings is 1. The number of carbonyl (C=O) groups is 2. The van der Waals surface area contributed by atoms with E-state index in [1.165, 1.54) is 16.8 Å². The first-order chi connectivity index (χ1) is 14.8. The fraction of sp³-hybridized carbons (Fsp3) is 0.636. The van der Waals surface area contributed by atoms with Gasteiger partial charge in [-0.2, -0.15) is 0 Å². The van der Waals surface area contributed by atoms with Crippen molar-refractivity contribution in [1.82, 2.24) is 15.5 Å². The van der Waals surface area contributed by atoms with Crippen LogP contribution in [-0.4, -0.2) is 74.5 Å². The summed E-state index contributed by atoms with van der Waals surface area (Å²) >= 11 is 0. The second-order valence-electron chi connectivity index (χ2n) is 8.95. The summed E-state index contributed by atoms with van der Waals surface area (Å²) in [5.41, 5.74) is 3.82. The molecule has 170 valence electrons. The zero-order valence-corrected chi connectivity index (χ0v) is 19.1. The van der Waals surface area contributed by atoms with Gasteiger partial charge in [-0.3, -0.25) is 4.79 Å². The monoisotopic (exact) mass is 448 g/mol. The van der Waals surface area contributed by atoms with Crippen molar-refractivity contribution < 1.29 is 18.0 Å². The predicted molar refractivity (Wildman–Crippen MR) is 120 cm³/mol. The number of carbonyl (C=O) groups excluding carboxylic acids is 2. The molecule has 3 aliphatic rings. The SMILES string of the molecule is Cc1cccc(N2CCN(C(=O)CCCC[C@@H]3[C@H]4NC(=O)N[C@@H]4CS3(=O)=O)CC2)c1C. The second kappa shape index (κ2) is 8.68. The number of amides is 3. The average molecular weight is 449 g/mol. The molecule has 31 heavy (non-hydrogen) atoms. The minimum Gasteiger partial charge on any atom is -0.368 e. The van der Waals surface area contributed by atoms with Crippen LogP contribution in [0.4, 0.5) is 10.5 Å². The standard InChI is InChI=1S/C22H32N4O4S/c1-15-6-5-7-18(16(15)2)25-10-12-26(13-11-25)20(27)9-4-3-8-19-21-17(14-31(19,29)30)23-22(28)24-21/h5-7,17,19,21H,3-4,8-14H2,1-2H3,(H2,23,24,28)/t17-,19-,21+/m1/s1. The molecule has 0 bridgehead atoms. The number of rotatable bonds is 6. The van der Waals surface area contributed by atoms with Crippen LogP contribution in [0.25, 0.3) is 0 Å². The van der Waals surface area contributed by atoms with Crippen LogP contribution in [0.1, 0.15) is 36.8 Å². The van der Waals surface area contributed by atoms with Gasteiger partial charge in [-0.1, -0.05) is 18.6 Å². The Morgan fingerprint density at radius 3 is 2.58 bits per heavy atom. The van der Waals surface area contributed by atoms with E-state index >= 15 is 0 Å². The van der Waals surface area contributed by atoms with Crippen LogP contribution < -0.4 is 15.5 Å². The molecule has 1 aromatic carbocycles. The molecule has 8 nitrogen and oxygen atoms in total. The van der Waals surface area contributed by atoms with Gasteiger partial charge in [-0.25, -0.2) is 13.2 Å². The van der Waals surface area contributed by atoms with E-state index in [1.54, 1.807) is 0 Å². The number of nitrogens with zero attached hydrogens (tertiary/aromatic N) is 2. The number of anilines is 1. The van der Waals surface area contributed by atoms with Gasteiger partial charge in [-0.15, -0.1) is 0 Å². The lowest BCUT2D eigenvalue weighted by Crippen LogP contribution is -2.49. The number of aryl methyl sites for hydroxylation is 1. The van der Waals surface area contributed by atoms with Crippen LogP contribution in [-0.2, 0) is 14.6 Å². The molecule has 2 N–H and O–H groups in total. The quantitative estimate of drug-likeness (QED) is 0.506. The van der Waals surface area contributed by atoms with E-state index in [0.717, 1.165) is 13.1 Å². The van der Waals surface area contributed by atoms with Gasteiger partial charge in [-0.05, 0) is 43.9 Å². The molecule has 3 heterocycles. The number of hydrogen-bond acceptors (Lipinski definition) is 5. The highest BCUT2D eigenvalue weighted by atomic mass is 32.2. The fourth-order valence-corrected chi connectivity index (χ4v) is 7.33. The van der Waals surface area contributed by atoms with Gasteiger partial charge in [0.1, 0.15) is 0 Å². The molecule has 4 rings (SSSR count). The van der Waals surface area contributed by atoms with Crippen LogP contribution in [0.2, 0.25) is 0 Å². The molecule has 0 aliphatic carbocycles. The van der Waals surface area contributed by atoms with E-state index in [0.29, 0.717) is 38.8 Å². The van der Waals surface area contributed by atoms with E-state index < -0.39 is 15.1 Å². The Labute approximate surface area is 184 Å². The molecule has 3 atom stereocenters. The minimum absolute atomic E-state index is 0.00466. The summed E-state index contributed by atoms with van der Waals surface area (Å²) < 4.78 is 24.8. The largest absolute Gasteiger partial charge is 0.368 e. The normalized spacial score (nSPS) is 27.0. The van der Waals surface area contributed by atoms with Crippen LogP contribution in [0.5, 0.6) is 0 Å². The number of fused-ring (bicyclic) bond motifs is 1.